The molecule has 1 heterocycles. The van der Waals surface area contributed by atoms with Crippen LogP contribution in [0.3, 0.4) is 0 Å². The van der Waals surface area contributed by atoms with Gasteiger partial charge in [-0.2, -0.15) is 0 Å². The smallest absolute Gasteiger partial charge is 0.233 e. The van der Waals surface area contributed by atoms with Crippen LogP contribution in [0, 0.1) is 0 Å². The molecule has 0 spiro atoms. The van der Waals surface area contributed by atoms with E-state index in [1.165, 1.54) is 4.88 Å². The van der Waals surface area contributed by atoms with Gasteiger partial charge in [0, 0.05) is 17.8 Å². The molecule has 4 nitrogen and oxygen atoms in total. The number of thiophene rings is 1. The third-order valence-electron chi connectivity index (χ3n) is 2.36. The van der Waals surface area contributed by atoms with E-state index in [0.717, 1.165) is 25.9 Å². The fourth-order valence-electron chi connectivity index (χ4n) is 1.49. The molecule has 5 heteroatoms. The van der Waals surface area contributed by atoms with E-state index in [0.29, 0.717) is 6.42 Å². The van der Waals surface area contributed by atoms with Crippen LogP contribution >= 0.6 is 11.3 Å². The fourth-order valence-corrected chi connectivity index (χ4v) is 2.27. The van der Waals surface area contributed by atoms with Crippen molar-refractivity contribution in [2.75, 3.05) is 13.6 Å². The molecule has 3 N–H and O–H groups in total. The molecule has 1 aromatic rings. The first-order valence-corrected chi connectivity index (χ1v) is 6.30. The van der Waals surface area contributed by atoms with Crippen LogP contribution in [-0.4, -0.2) is 24.4 Å². The van der Waals surface area contributed by atoms with Gasteiger partial charge in [-0.3, -0.25) is 10.2 Å². The molecule has 0 aliphatic heterocycles. The van der Waals surface area contributed by atoms with Gasteiger partial charge in [0.2, 0.25) is 5.91 Å². The van der Waals surface area contributed by atoms with Gasteiger partial charge in [0.15, 0.2) is 0 Å². The van der Waals surface area contributed by atoms with Crippen molar-refractivity contribution < 1.29 is 4.79 Å². The molecule has 1 aromatic heterocycles. The predicted molar refractivity (Wildman–Crippen MR) is 66.8 cm³/mol. The summed E-state index contributed by atoms with van der Waals surface area (Å²) in [7, 11) is 2.10. The van der Waals surface area contributed by atoms with Crippen molar-refractivity contribution in [1.29, 1.82) is 0 Å². The van der Waals surface area contributed by atoms with E-state index in [2.05, 4.69) is 34.9 Å². The van der Waals surface area contributed by atoms with Crippen LogP contribution in [0.2, 0.25) is 0 Å². The Kier molecular flexibility index (Phi) is 6.07. The summed E-state index contributed by atoms with van der Waals surface area (Å²) in [5.41, 5.74) is 2.14. The second-order valence-corrected chi connectivity index (χ2v) is 4.87. The number of hydrogen-bond acceptors (Lipinski definition) is 4. The highest BCUT2D eigenvalue weighted by Gasteiger charge is 2.02. The average molecular weight is 241 g/mol. The molecule has 0 aliphatic rings. The minimum atomic E-state index is -0.0825. The monoisotopic (exact) mass is 241 g/mol. The first-order chi connectivity index (χ1) is 7.72. The van der Waals surface area contributed by atoms with Crippen molar-refractivity contribution in [3.63, 3.8) is 0 Å². The predicted octanol–water partition coefficient (Wildman–Crippen LogP) is 1.34. The minimum absolute atomic E-state index is 0.0825. The standard InChI is InChI=1S/C11H19N3OS/c1-14(9-10-5-4-8-16-10)7-3-2-6-11(15)13-12/h4-5,8H,2-3,6-7,9,12H2,1H3,(H,13,15). The molecule has 0 radical (unpaired) electrons. The summed E-state index contributed by atoms with van der Waals surface area (Å²) in [6.45, 7) is 2.00. The minimum Gasteiger partial charge on any atom is -0.301 e. The van der Waals surface area contributed by atoms with Gasteiger partial charge in [0.05, 0.1) is 0 Å². The number of hydrogen-bond donors (Lipinski definition) is 2. The van der Waals surface area contributed by atoms with Crippen LogP contribution in [0.5, 0.6) is 0 Å². The molecule has 0 aromatic carbocycles. The maximum Gasteiger partial charge on any atom is 0.233 e. The number of carbonyl (C=O) groups excluding carboxylic acids is 1. The Hall–Kier alpha value is -0.910. The van der Waals surface area contributed by atoms with Crippen LogP contribution in [0.15, 0.2) is 17.5 Å². The van der Waals surface area contributed by atoms with Crippen molar-refractivity contribution >= 4 is 17.2 Å². The molecule has 0 fully saturated rings. The highest BCUT2D eigenvalue weighted by molar-refractivity contribution is 7.09. The highest BCUT2D eigenvalue weighted by atomic mass is 32.1. The summed E-state index contributed by atoms with van der Waals surface area (Å²) in [6, 6.07) is 4.21. The van der Waals surface area contributed by atoms with Crippen molar-refractivity contribution in [2.45, 2.75) is 25.8 Å². The molecule has 0 unspecified atom stereocenters. The SMILES string of the molecule is CN(CCCCC(=O)NN)Cc1cccs1. The van der Waals surface area contributed by atoms with E-state index >= 15 is 0 Å². The molecule has 0 atom stereocenters. The number of rotatable bonds is 7. The van der Waals surface area contributed by atoms with E-state index in [4.69, 9.17) is 5.84 Å². The van der Waals surface area contributed by atoms with E-state index in [-0.39, 0.29) is 5.91 Å². The molecule has 0 aliphatic carbocycles. The summed E-state index contributed by atoms with van der Waals surface area (Å²) in [4.78, 5) is 14.5. The topological polar surface area (TPSA) is 58.4 Å². The number of carbonyl (C=O) groups is 1. The second-order valence-electron chi connectivity index (χ2n) is 3.84. The van der Waals surface area contributed by atoms with Crippen molar-refractivity contribution in [2.24, 2.45) is 5.84 Å². The number of nitrogens with zero attached hydrogens (tertiary/aromatic N) is 1. The Morgan fingerprint density at radius 1 is 1.56 bits per heavy atom. The largest absolute Gasteiger partial charge is 0.301 e. The second kappa shape index (κ2) is 7.38. The molecule has 16 heavy (non-hydrogen) atoms. The number of nitrogens with one attached hydrogen (secondary N) is 1. The molecule has 0 saturated heterocycles. The third kappa shape index (κ3) is 5.25. The maximum absolute atomic E-state index is 10.9. The first kappa shape index (κ1) is 13.2. The average Bonchev–Trinajstić information content (AvgIpc) is 2.76. The van der Waals surface area contributed by atoms with Gasteiger partial charge in [0.25, 0.3) is 0 Å². The molecule has 90 valence electrons. The molecule has 0 bridgehead atoms. The Morgan fingerprint density at radius 2 is 2.38 bits per heavy atom. The summed E-state index contributed by atoms with van der Waals surface area (Å²) in [5.74, 6) is 4.91. The van der Waals surface area contributed by atoms with Crippen LogP contribution < -0.4 is 11.3 Å². The fraction of sp³-hybridized carbons (Fsp3) is 0.545. The first-order valence-electron chi connectivity index (χ1n) is 5.42. The number of amides is 1. The maximum atomic E-state index is 10.9. The van der Waals surface area contributed by atoms with Gasteiger partial charge in [-0.1, -0.05) is 6.07 Å². The van der Waals surface area contributed by atoms with Gasteiger partial charge in [-0.25, -0.2) is 5.84 Å². The van der Waals surface area contributed by atoms with Crippen LogP contribution in [-0.2, 0) is 11.3 Å². The van der Waals surface area contributed by atoms with Crippen LogP contribution in [0.4, 0.5) is 0 Å². The van der Waals surface area contributed by atoms with E-state index < -0.39 is 0 Å². The Bertz CT molecular complexity index is 300. The van der Waals surface area contributed by atoms with Gasteiger partial charge in [-0.05, 0) is 37.9 Å². The molecule has 1 rings (SSSR count). The lowest BCUT2D eigenvalue weighted by Gasteiger charge is -2.14. The summed E-state index contributed by atoms with van der Waals surface area (Å²) in [6.07, 6.45) is 2.43. The van der Waals surface area contributed by atoms with Gasteiger partial charge in [0.1, 0.15) is 0 Å². The van der Waals surface area contributed by atoms with E-state index in [1.807, 2.05) is 0 Å². The lowest BCUT2D eigenvalue weighted by Crippen LogP contribution is -2.29. The van der Waals surface area contributed by atoms with Crippen molar-refractivity contribution in [1.82, 2.24) is 10.3 Å². The summed E-state index contributed by atoms with van der Waals surface area (Å²) < 4.78 is 0. The quantitative estimate of drug-likeness (QED) is 0.328. The number of hydrazine groups is 1. The molecular weight excluding hydrogens is 222 g/mol. The van der Waals surface area contributed by atoms with Crippen LogP contribution in [0.1, 0.15) is 24.1 Å². The number of unbranched alkanes of at least 4 members (excludes halogenated alkanes) is 1. The zero-order valence-electron chi connectivity index (χ0n) is 9.61. The molecular formula is C11H19N3OS. The van der Waals surface area contributed by atoms with Crippen molar-refractivity contribution in [3.8, 4) is 0 Å². The van der Waals surface area contributed by atoms with Gasteiger partial charge < -0.3 is 4.90 Å². The van der Waals surface area contributed by atoms with E-state index in [9.17, 15) is 4.79 Å². The number of nitrogens with two attached hydrogens (primary N) is 1. The molecule has 0 saturated carbocycles. The van der Waals surface area contributed by atoms with Crippen LogP contribution in [0.25, 0.3) is 0 Å². The van der Waals surface area contributed by atoms with Gasteiger partial charge >= 0.3 is 0 Å². The summed E-state index contributed by atoms with van der Waals surface area (Å²) in [5, 5.41) is 2.09. The normalized spacial score (nSPS) is 10.7. The summed E-state index contributed by atoms with van der Waals surface area (Å²) >= 11 is 1.78. The van der Waals surface area contributed by atoms with Gasteiger partial charge in [-0.15, -0.1) is 11.3 Å². The lowest BCUT2D eigenvalue weighted by molar-refractivity contribution is -0.121. The Labute approximate surface area is 100 Å². The third-order valence-corrected chi connectivity index (χ3v) is 3.22. The zero-order chi connectivity index (χ0) is 11.8. The zero-order valence-corrected chi connectivity index (χ0v) is 10.4. The Balaban J connectivity index is 2.06. The lowest BCUT2D eigenvalue weighted by atomic mass is 10.2. The van der Waals surface area contributed by atoms with Crippen molar-refractivity contribution in [3.05, 3.63) is 22.4 Å². The Morgan fingerprint density at radius 3 is 3.00 bits per heavy atom. The van der Waals surface area contributed by atoms with E-state index in [1.54, 1.807) is 11.3 Å². The molecule has 1 amide bonds. The highest BCUT2D eigenvalue weighted by Crippen LogP contribution is 2.11.